The first kappa shape index (κ1) is 67.0. The molecule has 1 aromatic carbocycles. The van der Waals surface area contributed by atoms with E-state index in [4.69, 9.17) is 39.8 Å². The van der Waals surface area contributed by atoms with Crippen LogP contribution in [-0.4, -0.2) is 127 Å². The van der Waals surface area contributed by atoms with Gasteiger partial charge in [0.05, 0.1) is 0 Å². The minimum absolute atomic E-state index is 0.00863. The second-order valence-electron chi connectivity index (χ2n) is 20.7. The van der Waals surface area contributed by atoms with Gasteiger partial charge in [0.25, 0.3) is 0 Å². The summed E-state index contributed by atoms with van der Waals surface area (Å²) in [6.07, 6.45) is 2.56. The molecule has 76 heavy (non-hydrogen) atoms. The number of amides is 8. The first-order chi connectivity index (χ1) is 35.6. The molecule has 0 fully saturated rings. The second-order valence-corrected chi connectivity index (χ2v) is 20.7. The van der Waals surface area contributed by atoms with Crippen molar-refractivity contribution < 1.29 is 38.4 Å². The lowest BCUT2D eigenvalue weighted by Crippen LogP contribution is -2.61. The van der Waals surface area contributed by atoms with Crippen molar-refractivity contribution in [1.29, 1.82) is 5.41 Å². The summed E-state index contributed by atoms with van der Waals surface area (Å²) in [5.41, 5.74) is 34.5. The lowest BCUT2D eigenvalue weighted by molar-refractivity contribution is -0.136. The van der Waals surface area contributed by atoms with Crippen LogP contribution in [0.25, 0.3) is 0 Å². The van der Waals surface area contributed by atoms with E-state index in [1.807, 2.05) is 41.5 Å². The molecule has 0 spiro atoms. The Balaban J connectivity index is 3.46. The third kappa shape index (κ3) is 27.5. The third-order valence-electron chi connectivity index (χ3n) is 11.8. The number of hydrogen-bond donors (Lipinski definition) is 15. The molecule has 0 saturated carbocycles. The molecular formula is C51H91N17O8. The molecule has 8 amide bonds. The molecule has 1 aromatic rings. The van der Waals surface area contributed by atoms with Gasteiger partial charge in [0.1, 0.15) is 48.1 Å². The van der Waals surface area contributed by atoms with Gasteiger partial charge in [0, 0.05) is 32.1 Å². The van der Waals surface area contributed by atoms with Crippen LogP contribution < -0.4 is 76.9 Å². The number of rotatable bonds is 36. The molecular weight excluding hydrogens is 979 g/mol. The van der Waals surface area contributed by atoms with Gasteiger partial charge in [-0.05, 0) is 100.0 Å². The minimum atomic E-state index is -1.26. The molecule has 0 aliphatic carbocycles. The summed E-state index contributed by atoms with van der Waals surface area (Å²) in [7, 11) is 0. The van der Waals surface area contributed by atoms with Crippen molar-refractivity contribution in [2.24, 2.45) is 68.1 Å². The van der Waals surface area contributed by atoms with E-state index in [0.717, 1.165) is 5.56 Å². The molecule has 0 saturated heterocycles. The highest BCUT2D eigenvalue weighted by Gasteiger charge is 2.35. The topological polar surface area (TPSA) is 437 Å². The molecule has 0 bridgehead atoms. The van der Waals surface area contributed by atoms with Crippen molar-refractivity contribution in [3.05, 3.63) is 35.4 Å². The Hall–Kier alpha value is -7.05. The number of guanidine groups is 2. The molecule has 25 heteroatoms. The molecule has 1 rings (SSSR count). The molecule has 0 radical (unpaired) electrons. The summed E-state index contributed by atoms with van der Waals surface area (Å²) in [6, 6.07) is -1.15. The highest BCUT2D eigenvalue weighted by molar-refractivity contribution is 5.98. The van der Waals surface area contributed by atoms with E-state index in [1.54, 1.807) is 38.1 Å². The molecule has 0 aliphatic rings. The summed E-state index contributed by atoms with van der Waals surface area (Å²) in [5.74, 6) is -6.22. The zero-order chi connectivity index (χ0) is 57.7. The van der Waals surface area contributed by atoms with Crippen molar-refractivity contribution in [2.75, 3.05) is 19.6 Å². The number of hydrogen-bond acceptors (Lipinski definition) is 12. The zero-order valence-electron chi connectivity index (χ0n) is 46.2. The molecule has 21 N–H and O–H groups in total. The van der Waals surface area contributed by atoms with Gasteiger partial charge in [-0.3, -0.25) is 53.8 Å². The average Bonchev–Trinajstić information content (AvgIpc) is 3.32. The highest BCUT2D eigenvalue weighted by Crippen LogP contribution is 2.14. The van der Waals surface area contributed by atoms with Gasteiger partial charge in [-0.15, -0.1) is 0 Å². The zero-order valence-corrected chi connectivity index (χ0v) is 46.2. The summed E-state index contributed by atoms with van der Waals surface area (Å²) in [4.78, 5) is 118. The van der Waals surface area contributed by atoms with Gasteiger partial charge in [-0.2, -0.15) is 0 Å². The first-order valence-electron chi connectivity index (χ1n) is 26.3. The fourth-order valence-corrected chi connectivity index (χ4v) is 7.91. The van der Waals surface area contributed by atoms with E-state index in [0.29, 0.717) is 31.4 Å². The van der Waals surface area contributed by atoms with Crippen LogP contribution in [0, 0.1) is 29.1 Å². The van der Waals surface area contributed by atoms with Crippen LogP contribution in [0.3, 0.4) is 0 Å². The third-order valence-corrected chi connectivity index (χ3v) is 11.8. The number of nitrogens with two attached hydrogens (primary N) is 6. The average molecular weight is 1070 g/mol. The summed E-state index contributed by atoms with van der Waals surface area (Å²) in [5, 5.41) is 29.8. The van der Waals surface area contributed by atoms with Gasteiger partial charge in [0.15, 0.2) is 11.9 Å². The number of nitrogens with one attached hydrogen (secondary N) is 9. The van der Waals surface area contributed by atoms with Gasteiger partial charge < -0.3 is 76.9 Å². The first-order valence-corrected chi connectivity index (χ1v) is 26.3. The number of benzene rings is 1. The Kier molecular flexibility index (Phi) is 31.1. The summed E-state index contributed by atoms with van der Waals surface area (Å²) >= 11 is 0. The number of carbonyl (C=O) groups excluding carboxylic acids is 8. The van der Waals surface area contributed by atoms with E-state index in [9.17, 15) is 38.4 Å². The van der Waals surface area contributed by atoms with Crippen molar-refractivity contribution in [1.82, 2.24) is 42.5 Å². The number of unbranched alkanes of at least 4 members (excludes halogenated alkanes) is 1. The number of aliphatic imine (C=N–C) groups is 2. The fourth-order valence-electron chi connectivity index (χ4n) is 7.91. The number of nitrogens with zero attached hydrogens (tertiary/aromatic N) is 2. The van der Waals surface area contributed by atoms with Crippen LogP contribution >= 0.6 is 0 Å². The Bertz CT molecular complexity index is 2110. The van der Waals surface area contributed by atoms with Crippen LogP contribution in [0.5, 0.6) is 0 Å². The number of nitrogen functional groups attached to an aromatic ring is 1. The molecule has 0 aliphatic heterocycles. The van der Waals surface area contributed by atoms with Crippen molar-refractivity contribution in [3.8, 4) is 0 Å². The quantitative estimate of drug-likeness (QED) is 0.0219. The monoisotopic (exact) mass is 1070 g/mol. The predicted molar refractivity (Wildman–Crippen MR) is 294 cm³/mol. The number of amidine groups is 1. The molecule has 7 atom stereocenters. The van der Waals surface area contributed by atoms with E-state index in [2.05, 4.69) is 52.5 Å². The van der Waals surface area contributed by atoms with Gasteiger partial charge in [-0.25, -0.2) is 0 Å². The summed E-state index contributed by atoms with van der Waals surface area (Å²) in [6.45, 7) is 16.6. The van der Waals surface area contributed by atoms with E-state index in [-0.39, 0.29) is 100 Å². The van der Waals surface area contributed by atoms with Crippen molar-refractivity contribution in [3.63, 3.8) is 0 Å². The van der Waals surface area contributed by atoms with Crippen LogP contribution in [0.4, 0.5) is 0 Å². The fraction of sp³-hybridized carbons (Fsp3) is 0.667. The molecule has 0 unspecified atom stereocenters. The Morgan fingerprint density at radius 1 is 0.487 bits per heavy atom. The van der Waals surface area contributed by atoms with Gasteiger partial charge >= 0.3 is 0 Å². The van der Waals surface area contributed by atoms with Crippen LogP contribution in [0.1, 0.15) is 138 Å². The van der Waals surface area contributed by atoms with E-state index < -0.39 is 95.5 Å². The SMILES string of the molecule is CC(=O)N[C@@H](CCCN=C(N)N)C(=O)N[C@@H](CC(C)C)C(=O)N[C@@H](CC(C)C)C(=O)N[C@@H](CC(C)C)C(=O)N[C@@H](CCCN=C(N)N)C(=O)N[C@H](C(=O)N[C@@H](CCCCN)C(=O)NCc1ccc(C(=N)N)cc1)C(C)C. The van der Waals surface area contributed by atoms with E-state index >= 15 is 0 Å². The second kappa shape index (κ2) is 35.3. The minimum Gasteiger partial charge on any atom is -0.384 e. The molecule has 0 aromatic heterocycles. The van der Waals surface area contributed by atoms with Crippen LogP contribution in [-0.2, 0) is 44.9 Å². The Labute approximate surface area is 448 Å². The smallest absolute Gasteiger partial charge is 0.243 e. The molecule has 25 nitrogen and oxygen atoms in total. The maximum atomic E-state index is 14.4. The van der Waals surface area contributed by atoms with Gasteiger partial charge in [0.2, 0.25) is 47.3 Å². The molecule has 428 valence electrons. The highest BCUT2D eigenvalue weighted by atomic mass is 16.2. The van der Waals surface area contributed by atoms with Crippen molar-refractivity contribution >= 4 is 65.0 Å². The summed E-state index contributed by atoms with van der Waals surface area (Å²) < 4.78 is 0. The van der Waals surface area contributed by atoms with Crippen molar-refractivity contribution in [2.45, 2.75) is 175 Å². The lowest BCUT2D eigenvalue weighted by Gasteiger charge is -2.29. The lowest BCUT2D eigenvalue weighted by atomic mass is 9.98. The van der Waals surface area contributed by atoms with E-state index in [1.165, 1.54) is 6.92 Å². The Morgan fingerprint density at radius 2 is 0.855 bits per heavy atom. The number of carbonyl (C=O) groups is 8. The van der Waals surface area contributed by atoms with Gasteiger partial charge in [-0.1, -0.05) is 79.7 Å². The largest absolute Gasteiger partial charge is 0.384 e. The Morgan fingerprint density at radius 3 is 1.24 bits per heavy atom. The van der Waals surface area contributed by atoms with Crippen LogP contribution in [0.2, 0.25) is 0 Å². The van der Waals surface area contributed by atoms with Crippen LogP contribution in [0.15, 0.2) is 34.3 Å². The standard InChI is InChI=1S/C51H91N17O8/c1-28(2)24-38(66-48(75)40(26-30(5)6)67-47(74)39(25-29(3)4)65-44(71)36(62-32(9)69)15-12-22-59-50(55)56)46(73)63-37(16-13-23-60-51(57)58)45(72)68-41(31(7)8)49(76)64-35(14-10-11-21-52)43(70)61-27-33-17-19-34(20-18-33)42(53)54/h17-20,28-31,35-41H,10-16,21-27,52H2,1-9H3,(H3,53,54)(H,61,70)(H,62,69)(H,63,73)(H,64,76)(H,65,71)(H,66,75)(H,67,74)(H,68,72)(H4,55,56,59)(H4,57,58,60)/t35-,36-,37-,38-,39-,40-,41-/m0/s1. The molecule has 0 heterocycles. The predicted octanol–water partition coefficient (Wildman–Crippen LogP) is -0.969. The normalized spacial score (nSPS) is 13.9. The maximum Gasteiger partial charge on any atom is 0.243 e. The maximum absolute atomic E-state index is 14.4.